The van der Waals surface area contributed by atoms with Crippen molar-refractivity contribution in [3.8, 4) is 6.07 Å². The van der Waals surface area contributed by atoms with Gasteiger partial charge in [-0.3, -0.25) is 10.4 Å². The van der Waals surface area contributed by atoms with Crippen LogP contribution in [-0.2, 0) is 6.54 Å². The fourth-order valence-corrected chi connectivity index (χ4v) is 5.55. The molecule has 1 aliphatic rings. The molecule has 0 atom stereocenters. The Hall–Kier alpha value is -2.82. The predicted octanol–water partition coefficient (Wildman–Crippen LogP) is 2.45. The number of benzene rings is 1. The molecule has 5 nitrogen and oxygen atoms in total. The Kier molecular flexibility index (Phi) is 4.60. The van der Waals surface area contributed by atoms with Crippen molar-refractivity contribution in [2.45, 2.75) is 18.4 Å². The molecule has 3 aromatic rings. The summed E-state index contributed by atoms with van der Waals surface area (Å²) in [6.07, 6.45) is 3.80. The number of fused-ring (bicyclic) bond motifs is 1. The number of nitrogens with one attached hydrogen (secondary N) is 1. The van der Waals surface area contributed by atoms with Crippen LogP contribution in [0.3, 0.4) is 0 Å². The molecular weight excluding hydrogens is 374 g/mol. The van der Waals surface area contributed by atoms with Crippen molar-refractivity contribution >= 4 is 39.9 Å². The van der Waals surface area contributed by atoms with Gasteiger partial charge in [0.15, 0.2) is 0 Å². The van der Waals surface area contributed by atoms with Crippen LogP contribution in [0.5, 0.6) is 0 Å². The third-order valence-electron chi connectivity index (χ3n) is 4.39. The lowest BCUT2D eigenvalue weighted by atomic mass is 10.2. The normalized spacial score (nSPS) is 15.7. The second kappa shape index (κ2) is 7.06. The molecule has 0 unspecified atom stereocenters. The molecule has 0 saturated carbocycles. The zero-order valence-corrected chi connectivity index (χ0v) is 16.6. The standard InChI is InChI=1S/C20H17N5S2/c1-3-25-17(11-14-6-4-5-9-23-14)27-18(19(25)22)20-24(2)15-8-7-13(12-21)10-16(15)26-20/h4-11,22H,3H2,1-2H3/b17-11-,20-18+,22-19?. The molecular formula is C20H17N5S2. The Morgan fingerprint density at radius 2 is 2.15 bits per heavy atom. The minimum atomic E-state index is 0.507. The van der Waals surface area contributed by atoms with Crippen molar-refractivity contribution in [1.29, 1.82) is 10.7 Å². The van der Waals surface area contributed by atoms with E-state index in [2.05, 4.69) is 22.9 Å². The van der Waals surface area contributed by atoms with Crippen molar-refractivity contribution in [3.05, 3.63) is 68.5 Å². The summed E-state index contributed by atoms with van der Waals surface area (Å²) >= 11 is 3.22. The van der Waals surface area contributed by atoms with Gasteiger partial charge in [-0.1, -0.05) is 17.8 Å². The number of thiazole rings is 1. The Bertz CT molecular complexity index is 1230. The molecule has 1 aromatic carbocycles. The van der Waals surface area contributed by atoms with Crippen molar-refractivity contribution < 1.29 is 0 Å². The molecule has 0 amide bonds. The predicted molar refractivity (Wildman–Crippen MR) is 110 cm³/mol. The SMILES string of the molecule is CCn1c(=N)/c(=C2\Sc3cc(C#N)ccc3N2C)s/c1=C\c1ccccn1. The molecule has 0 bridgehead atoms. The molecule has 3 heterocycles. The van der Waals surface area contributed by atoms with E-state index in [-0.39, 0.29) is 0 Å². The molecule has 4 rings (SSSR count). The van der Waals surface area contributed by atoms with E-state index in [1.807, 2.05) is 54.1 Å². The van der Waals surface area contributed by atoms with Crippen molar-refractivity contribution in [2.75, 3.05) is 11.9 Å². The van der Waals surface area contributed by atoms with Crippen LogP contribution < -0.4 is 19.6 Å². The number of thioether (sulfide) groups is 1. The number of rotatable bonds is 2. The summed E-state index contributed by atoms with van der Waals surface area (Å²) in [7, 11) is 2.01. The molecule has 2 aromatic heterocycles. The number of anilines is 1. The lowest BCUT2D eigenvalue weighted by Crippen LogP contribution is -2.33. The summed E-state index contributed by atoms with van der Waals surface area (Å²) in [6.45, 7) is 2.77. The maximum absolute atomic E-state index is 9.15. The van der Waals surface area contributed by atoms with E-state index in [1.165, 1.54) is 0 Å². The quantitative estimate of drug-likeness (QED) is 0.729. The van der Waals surface area contributed by atoms with Gasteiger partial charge < -0.3 is 9.47 Å². The largest absolute Gasteiger partial charge is 0.337 e. The molecule has 7 heteroatoms. The van der Waals surface area contributed by atoms with E-state index >= 15 is 0 Å². The summed E-state index contributed by atoms with van der Waals surface area (Å²) in [5.41, 5.74) is 3.11. The minimum Gasteiger partial charge on any atom is -0.337 e. The molecule has 0 aliphatic carbocycles. The van der Waals surface area contributed by atoms with Crippen molar-refractivity contribution in [2.24, 2.45) is 0 Å². The van der Waals surface area contributed by atoms with E-state index < -0.39 is 0 Å². The molecule has 0 saturated heterocycles. The smallest absolute Gasteiger partial charge is 0.146 e. The van der Waals surface area contributed by atoms with Crippen LogP contribution in [0, 0.1) is 16.7 Å². The molecule has 27 heavy (non-hydrogen) atoms. The van der Waals surface area contributed by atoms with E-state index in [1.54, 1.807) is 29.3 Å². The first-order valence-corrected chi connectivity index (χ1v) is 10.1. The zero-order chi connectivity index (χ0) is 19.0. The number of pyridine rings is 1. The Morgan fingerprint density at radius 1 is 1.30 bits per heavy atom. The first-order valence-electron chi connectivity index (χ1n) is 8.49. The molecule has 1 aliphatic heterocycles. The Labute approximate surface area is 165 Å². The zero-order valence-electron chi connectivity index (χ0n) is 14.9. The number of hydrogen-bond acceptors (Lipinski definition) is 6. The van der Waals surface area contributed by atoms with Gasteiger partial charge in [-0.15, -0.1) is 11.3 Å². The molecule has 0 radical (unpaired) electrons. The molecule has 0 spiro atoms. The van der Waals surface area contributed by atoms with E-state index in [9.17, 15) is 0 Å². The fraction of sp³-hybridized carbons (Fsp3) is 0.150. The second-order valence-electron chi connectivity index (χ2n) is 6.02. The van der Waals surface area contributed by atoms with Gasteiger partial charge in [0.25, 0.3) is 0 Å². The van der Waals surface area contributed by atoms with Crippen LogP contribution in [0.2, 0.25) is 0 Å². The highest BCUT2D eigenvalue weighted by Crippen LogP contribution is 2.45. The Morgan fingerprint density at radius 3 is 2.85 bits per heavy atom. The van der Waals surface area contributed by atoms with Gasteiger partial charge in [-0.2, -0.15) is 5.26 Å². The van der Waals surface area contributed by atoms with E-state index in [0.717, 1.165) is 37.0 Å². The molecule has 1 N–H and O–H groups in total. The van der Waals surface area contributed by atoms with Gasteiger partial charge >= 0.3 is 0 Å². The van der Waals surface area contributed by atoms with Crippen LogP contribution in [0.4, 0.5) is 5.69 Å². The van der Waals surface area contributed by atoms with Crippen LogP contribution in [0.1, 0.15) is 18.2 Å². The summed E-state index contributed by atoms with van der Waals surface area (Å²) in [6, 6.07) is 13.7. The lowest BCUT2D eigenvalue weighted by molar-refractivity contribution is 0.698. The monoisotopic (exact) mass is 391 g/mol. The number of nitriles is 1. The highest BCUT2D eigenvalue weighted by molar-refractivity contribution is 8.08. The number of nitrogens with zero attached hydrogens (tertiary/aromatic N) is 4. The average Bonchev–Trinajstić information content (AvgIpc) is 3.18. The first-order chi connectivity index (χ1) is 13.1. The number of hydrogen-bond donors (Lipinski definition) is 1. The third kappa shape index (κ3) is 3.07. The highest BCUT2D eigenvalue weighted by atomic mass is 32.2. The highest BCUT2D eigenvalue weighted by Gasteiger charge is 2.24. The van der Waals surface area contributed by atoms with Crippen LogP contribution in [0.15, 0.2) is 47.5 Å². The van der Waals surface area contributed by atoms with Gasteiger partial charge in [-0.25, -0.2) is 0 Å². The summed E-state index contributed by atoms with van der Waals surface area (Å²) < 4.78 is 3.94. The maximum atomic E-state index is 9.15. The maximum Gasteiger partial charge on any atom is 0.146 e. The lowest BCUT2D eigenvalue weighted by Gasteiger charge is -2.12. The van der Waals surface area contributed by atoms with Crippen molar-refractivity contribution in [3.63, 3.8) is 0 Å². The Balaban J connectivity index is 1.92. The average molecular weight is 392 g/mol. The van der Waals surface area contributed by atoms with Gasteiger partial charge in [0, 0.05) is 24.7 Å². The summed E-state index contributed by atoms with van der Waals surface area (Å²) in [5, 5.41) is 18.9. The van der Waals surface area contributed by atoms with Gasteiger partial charge in [0.05, 0.1) is 27.7 Å². The topological polar surface area (TPSA) is 68.7 Å². The molecule has 0 fully saturated rings. The van der Waals surface area contributed by atoms with Gasteiger partial charge in [0.1, 0.15) is 15.0 Å². The summed E-state index contributed by atoms with van der Waals surface area (Å²) in [4.78, 5) is 7.54. The van der Waals surface area contributed by atoms with Crippen LogP contribution in [0.25, 0.3) is 11.1 Å². The van der Waals surface area contributed by atoms with Crippen LogP contribution >= 0.6 is 23.1 Å². The fourth-order valence-electron chi connectivity index (χ4n) is 3.02. The third-order valence-corrected chi connectivity index (χ3v) is 6.87. The van der Waals surface area contributed by atoms with E-state index in [4.69, 9.17) is 10.7 Å². The second-order valence-corrected chi connectivity index (χ2v) is 8.08. The van der Waals surface area contributed by atoms with Gasteiger partial charge in [0.2, 0.25) is 0 Å². The van der Waals surface area contributed by atoms with E-state index in [0.29, 0.717) is 11.1 Å². The first kappa shape index (κ1) is 17.6. The number of aromatic nitrogens is 2. The van der Waals surface area contributed by atoms with Gasteiger partial charge in [-0.05, 0) is 43.3 Å². The van der Waals surface area contributed by atoms with Crippen molar-refractivity contribution in [1.82, 2.24) is 9.55 Å². The minimum absolute atomic E-state index is 0.507. The summed E-state index contributed by atoms with van der Waals surface area (Å²) in [5.74, 6) is 0. The molecule has 134 valence electrons. The van der Waals surface area contributed by atoms with Crippen LogP contribution in [-0.4, -0.2) is 16.6 Å².